The number of amides is 1. The number of nitrogens with one attached hydrogen (secondary N) is 1. The van der Waals surface area contributed by atoms with Crippen LogP contribution in [0.3, 0.4) is 0 Å². The monoisotopic (exact) mass is 668 g/mol. The first kappa shape index (κ1) is 32.4. The lowest BCUT2D eigenvalue weighted by atomic mass is 9.72. The molecule has 0 unspecified atom stereocenters. The molecule has 44 heavy (non-hydrogen) atoms. The summed E-state index contributed by atoms with van der Waals surface area (Å²) in [6, 6.07) is 18.1. The molecule has 4 aromatic rings. The van der Waals surface area contributed by atoms with E-state index in [1.54, 1.807) is 53.9 Å². The number of carbonyl (C=O) groups is 1. The van der Waals surface area contributed by atoms with Gasteiger partial charge in [-0.3, -0.25) is 4.79 Å². The predicted molar refractivity (Wildman–Crippen MR) is 184 cm³/mol. The highest BCUT2D eigenvalue weighted by Crippen LogP contribution is 2.45. The van der Waals surface area contributed by atoms with E-state index in [0.29, 0.717) is 55.3 Å². The van der Waals surface area contributed by atoms with E-state index in [-0.39, 0.29) is 17.9 Å². The van der Waals surface area contributed by atoms with Crippen molar-refractivity contribution in [2.45, 2.75) is 53.6 Å². The van der Waals surface area contributed by atoms with E-state index >= 15 is 0 Å². The van der Waals surface area contributed by atoms with Crippen molar-refractivity contribution in [2.75, 3.05) is 11.9 Å². The smallest absolute Gasteiger partial charge is 0.259 e. The maximum absolute atomic E-state index is 13.7. The number of hydrogen-bond donors (Lipinski definition) is 1. The normalized spacial score (nSPS) is 14.8. The molecule has 5 nitrogen and oxygen atoms in total. The average Bonchev–Trinajstić information content (AvgIpc) is 3.35. The van der Waals surface area contributed by atoms with Crippen LogP contribution in [-0.2, 0) is 19.4 Å². The number of ether oxygens (including phenoxy) is 2. The van der Waals surface area contributed by atoms with Crippen LogP contribution >= 0.6 is 46.1 Å². The zero-order chi connectivity index (χ0) is 31.4. The summed E-state index contributed by atoms with van der Waals surface area (Å²) in [4.78, 5) is 19.8. The fraction of sp³-hybridized carbons (Fsp3) is 0.314. The van der Waals surface area contributed by atoms with Crippen molar-refractivity contribution in [3.8, 4) is 11.5 Å². The van der Waals surface area contributed by atoms with Crippen molar-refractivity contribution >= 4 is 68.9 Å². The molecule has 0 spiro atoms. The van der Waals surface area contributed by atoms with Gasteiger partial charge in [-0.1, -0.05) is 61.6 Å². The van der Waals surface area contributed by atoms with Crippen LogP contribution in [0.5, 0.6) is 11.5 Å². The number of carbonyl (C=O) groups excluding carboxylic acids is 1. The second-order valence-electron chi connectivity index (χ2n) is 11.9. The van der Waals surface area contributed by atoms with Gasteiger partial charge in [0, 0.05) is 37.4 Å². The van der Waals surface area contributed by atoms with E-state index in [1.165, 1.54) is 4.88 Å². The minimum absolute atomic E-state index is 0.161. The third kappa shape index (κ3) is 7.78. The number of hydrogen-bond acceptors (Lipinski definition) is 5. The first-order chi connectivity index (χ1) is 21.0. The molecule has 3 aromatic carbocycles. The highest BCUT2D eigenvalue weighted by atomic mass is 35.5. The van der Waals surface area contributed by atoms with Crippen molar-refractivity contribution in [2.24, 2.45) is 16.3 Å². The van der Waals surface area contributed by atoms with Crippen LogP contribution in [0, 0.1) is 11.3 Å². The number of fused-ring (bicyclic) bond motifs is 1. The third-order valence-electron chi connectivity index (χ3n) is 7.80. The number of halogens is 3. The molecule has 0 fully saturated rings. The van der Waals surface area contributed by atoms with Crippen LogP contribution in [0.15, 0.2) is 65.7 Å². The summed E-state index contributed by atoms with van der Waals surface area (Å²) in [7, 11) is 0. The van der Waals surface area contributed by atoms with E-state index in [4.69, 9.17) is 49.3 Å². The largest absolute Gasteiger partial charge is 0.490 e. The van der Waals surface area contributed by atoms with E-state index in [2.05, 4.69) is 26.1 Å². The quantitative estimate of drug-likeness (QED) is 0.180. The molecule has 0 bridgehead atoms. The molecule has 1 N–H and O–H groups in total. The van der Waals surface area contributed by atoms with Gasteiger partial charge in [-0.2, -0.15) is 0 Å². The summed E-state index contributed by atoms with van der Waals surface area (Å²) in [6.45, 7) is 9.53. The van der Waals surface area contributed by atoms with Crippen molar-refractivity contribution in [1.29, 1.82) is 0 Å². The minimum Gasteiger partial charge on any atom is -0.490 e. The molecule has 9 heteroatoms. The van der Waals surface area contributed by atoms with Gasteiger partial charge in [0.15, 0.2) is 11.5 Å². The Morgan fingerprint density at radius 2 is 1.75 bits per heavy atom. The van der Waals surface area contributed by atoms with E-state index < -0.39 is 0 Å². The second kappa shape index (κ2) is 13.9. The van der Waals surface area contributed by atoms with Crippen LogP contribution in [0.25, 0.3) is 0 Å². The maximum atomic E-state index is 13.7. The fourth-order valence-electron chi connectivity index (χ4n) is 5.28. The molecule has 1 aliphatic carbocycles. The van der Waals surface area contributed by atoms with Crippen LogP contribution in [0.4, 0.5) is 10.7 Å². The van der Waals surface area contributed by atoms with E-state index in [0.717, 1.165) is 36.0 Å². The third-order valence-corrected chi connectivity index (χ3v) is 9.80. The SMILES string of the molecule is CCOc1cc(C=Nc2sc3c(c2C(=O)Nc2ccc(Cl)cc2)CC[C@H](C(C)(C)C)C3)ccc1OCc1ccc(Cl)cc1Cl. The summed E-state index contributed by atoms with van der Waals surface area (Å²) < 4.78 is 12.0. The number of anilines is 1. The van der Waals surface area contributed by atoms with Gasteiger partial charge in [0.2, 0.25) is 0 Å². The number of nitrogens with zero attached hydrogens (tertiary/aromatic N) is 1. The number of aliphatic imine (C=N–C) groups is 1. The van der Waals surface area contributed by atoms with Gasteiger partial charge in [0.25, 0.3) is 5.91 Å². The van der Waals surface area contributed by atoms with Crippen LogP contribution in [-0.4, -0.2) is 18.7 Å². The lowest BCUT2D eigenvalue weighted by molar-refractivity contribution is 0.102. The Hall–Kier alpha value is -3.03. The average molecular weight is 670 g/mol. The molecule has 230 valence electrons. The Labute approximate surface area is 278 Å². The summed E-state index contributed by atoms with van der Waals surface area (Å²) in [6.07, 6.45) is 4.61. The lowest BCUT2D eigenvalue weighted by Gasteiger charge is -2.33. The number of benzene rings is 3. The molecule has 1 aliphatic rings. The molecular formula is C35H35Cl3N2O3S. The summed E-state index contributed by atoms with van der Waals surface area (Å²) in [5, 5.41) is 5.49. The highest BCUT2D eigenvalue weighted by molar-refractivity contribution is 7.16. The number of rotatable bonds is 9. The molecule has 0 aliphatic heterocycles. The van der Waals surface area contributed by atoms with Gasteiger partial charge in [0.05, 0.1) is 12.2 Å². The van der Waals surface area contributed by atoms with Gasteiger partial charge in [-0.05, 0) is 103 Å². The van der Waals surface area contributed by atoms with Crippen LogP contribution < -0.4 is 14.8 Å². The summed E-state index contributed by atoms with van der Waals surface area (Å²) >= 11 is 20.0. The molecule has 5 rings (SSSR count). The first-order valence-corrected chi connectivity index (χ1v) is 16.6. The Morgan fingerprint density at radius 3 is 2.45 bits per heavy atom. The molecular weight excluding hydrogens is 635 g/mol. The lowest BCUT2D eigenvalue weighted by Crippen LogP contribution is -2.27. The molecule has 1 amide bonds. The standard InChI is InChI=1S/C35H35Cl3N2O3S/c1-5-42-30-16-21(6-15-29(30)43-20-22-7-9-25(37)18-28(22)38)19-39-34-32(33(41)40-26-12-10-24(36)11-13-26)27-14-8-23(35(2,3)4)17-31(27)44-34/h6-7,9-13,15-16,18-19,23H,5,8,14,17,20H2,1-4H3,(H,40,41)/t23-/m0/s1. The highest BCUT2D eigenvalue weighted by Gasteiger charge is 2.33. The molecule has 1 aromatic heterocycles. The molecule has 1 heterocycles. The fourth-order valence-corrected chi connectivity index (χ4v) is 7.14. The molecule has 0 radical (unpaired) electrons. The molecule has 0 saturated heterocycles. The zero-order valence-electron chi connectivity index (χ0n) is 25.2. The maximum Gasteiger partial charge on any atom is 0.259 e. The summed E-state index contributed by atoms with van der Waals surface area (Å²) in [5.74, 6) is 1.58. The van der Waals surface area contributed by atoms with Gasteiger partial charge < -0.3 is 14.8 Å². The van der Waals surface area contributed by atoms with Gasteiger partial charge in [-0.25, -0.2) is 4.99 Å². The van der Waals surface area contributed by atoms with Crippen molar-refractivity contribution in [3.63, 3.8) is 0 Å². The summed E-state index contributed by atoms with van der Waals surface area (Å²) in [5.41, 5.74) is 4.28. The van der Waals surface area contributed by atoms with Crippen molar-refractivity contribution in [3.05, 3.63) is 103 Å². The Morgan fingerprint density at radius 1 is 1.00 bits per heavy atom. The van der Waals surface area contributed by atoms with Crippen LogP contribution in [0.1, 0.15) is 66.0 Å². The number of thiophene rings is 1. The van der Waals surface area contributed by atoms with E-state index in [1.807, 2.05) is 31.2 Å². The van der Waals surface area contributed by atoms with Gasteiger partial charge >= 0.3 is 0 Å². The predicted octanol–water partition coefficient (Wildman–Crippen LogP) is 10.8. The first-order valence-electron chi connectivity index (χ1n) is 14.6. The van der Waals surface area contributed by atoms with Crippen LogP contribution in [0.2, 0.25) is 15.1 Å². The Kier molecular flexibility index (Phi) is 10.3. The van der Waals surface area contributed by atoms with Crippen molar-refractivity contribution in [1.82, 2.24) is 0 Å². The van der Waals surface area contributed by atoms with Gasteiger partial charge in [0.1, 0.15) is 11.6 Å². The zero-order valence-corrected chi connectivity index (χ0v) is 28.3. The molecule has 1 atom stereocenters. The van der Waals surface area contributed by atoms with Crippen molar-refractivity contribution < 1.29 is 14.3 Å². The van der Waals surface area contributed by atoms with Gasteiger partial charge in [-0.15, -0.1) is 11.3 Å². The Bertz CT molecular complexity index is 1680. The minimum atomic E-state index is -0.161. The second-order valence-corrected chi connectivity index (χ2v) is 14.2. The van der Waals surface area contributed by atoms with E-state index in [9.17, 15) is 4.79 Å². The molecule has 0 saturated carbocycles. The Balaban J connectivity index is 1.42. The topological polar surface area (TPSA) is 59.9 Å².